The number of aryl methyl sites for hydroxylation is 2. The SMILES string of the molecule is Cc1ccc(Cc2sc(NC(=O)c3cnn4c3[nH]c(=O)c3ccccc34)nc2C)cc1. The van der Waals surface area contributed by atoms with Crippen molar-refractivity contribution >= 4 is 38.9 Å². The maximum Gasteiger partial charge on any atom is 0.262 e. The monoisotopic (exact) mass is 429 g/mol. The van der Waals surface area contributed by atoms with Crippen LogP contribution in [-0.2, 0) is 6.42 Å². The van der Waals surface area contributed by atoms with Gasteiger partial charge >= 0.3 is 0 Å². The van der Waals surface area contributed by atoms with Gasteiger partial charge in [-0.05, 0) is 31.5 Å². The second kappa shape index (κ2) is 7.48. The Labute approximate surface area is 181 Å². The average Bonchev–Trinajstić information content (AvgIpc) is 3.33. The highest BCUT2D eigenvalue weighted by Crippen LogP contribution is 2.26. The van der Waals surface area contributed by atoms with Crippen LogP contribution in [0.1, 0.15) is 32.1 Å². The van der Waals surface area contributed by atoms with E-state index in [0.717, 1.165) is 17.0 Å². The van der Waals surface area contributed by atoms with Gasteiger partial charge < -0.3 is 4.98 Å². The van der Waals surface area contributed by atoms with Crippen molar-refractivity contribution < 1.29 is 4.79 Å². The van der Waals surface area contributed by atoms with Crippen molar-refractivity contribution in [2.75, 3.05) is 5.32 Å². The highest BCUT2D eigenvalue weighted by Gasteiger charge is 2.18. The number of amides is 1. The number of hydrogen-bond acceptors (Lipinski definition) is 5. The first-order valence-corrected chi connectivity index (χ1v) is 10.6. The molecular formula is C23H19N5O2S. The molecule has 0 unspecified atom stereocenters. The average molecular weight is 430 g/mol. The number of benzene rings is 2. The highest BCUT2D eigenvalue weighted by molar-refractivity contribution is 7.15. The molecular weight excluding hydrogens is 410 g/mol. The standard InChI is InChI=1S/C23H19N5O2S/c1-13-7-9-15(10-8-13)11-19-14(2)25-23(31-19)27-22(30)17-12-24-28-18-6-4-3-5-16(18)21(29)26-20(17)28/h3-10,12H,11H2,1-2H3,(H,26,29)(H,25,27,30). The predicted octanol–water partition coefficient (Wildman–Crippen LogP) is 4.09. The molecule has 5 rings (SSSR count). The number of rotatable bonds is 4. The molecule has 2 N–H and O–H groups in total. The molecule has 0 bridgehead atoms. The summed E-state index contributed by atoms with van der Waals surface area (Å²) in [5.74, 6) is -0.364. The maximum absolute atomic E-state index is 12.9. The van der Waals surface area contributed by atoms with E-state index in [1.165, 1.54) is 28.7 Å². The van der Waals surface area contributed by atoms with Crippen LogP contribution in [-0.4, -0.2) is 25.5 Å². The molecule has 31 heavy (non-hydrogen) atoms. The van der Waals surface area contributed by atoms with E-state index < -0.39 is 0 Å². The number of para-hydroxylation sites is 1. The molecule has 0 aliphatic rings. The van der Waals surface area contributed by atoms with Crippen LogP contribution in [0.4, 0.5) is 5.13 Å². The Hall–Kier alpha value is -3.78. The number of aromatic amines is 1. The summed E-state index contributed by atoms with van der Waals surface area (Å²) in [4.78, 5) is 33.7. The molecule has 0 aliphatic carbocycles. The van der Waals surface area contributed by atoms with Crippen LogP contribution in [0.25, 0.3) is 16.6 Å². The summed E-state index contributed by atoms with van der Waals surface area (Å²) < 4.78 is 1.57. The topological polar surface area (TPSA) is 92.2 Å². The summed E-state index contributed by atoms with van der Waals surface area (Å²) in [6.45, 7) is 4.00. The molecule has 0 saturated heterocycles. The van der Waals surface area contributed by atoms with E-state index in [1.807, 2.05) is 13.0 Å². The van der Waals surface area contributed by atoms with Gasteiger partial charge in [-0.3, -0.25) is 14.9 Å². The predicted molar refractivity (Wildman–Crippen MR) is 122 cm³/mol. The van der Waals surface area contributed by atoms with Gasteiger partial charge in [0.2, 0.25) is 0 Å². The molecule has 0 aliphatic heterocycles. The second-order valence-electron chi connectivity index (χ2n) is 7.43. The number of H-pyrrole nitrogens is 1. The summed E-state index contributed by atoms with van der Waals surface area (Å²) >= 11 is 1.45. The van der Waals surface area contributed by atoms with E-state index >= 15 is 0 Å². The van der Waals surface area contributed by atoms with Gasteiger partial charge in [0.25, 0.3) is 11.5 Å². The summed E-state index contributed by atoms with van der Waals surface area (Å²) in [5.41, 5.74) is 4.33. The van der Waals surface area contributed by atoms with E-state index in [0.29, 0.717) is 21.7 Å². The Kier molecular flexibility index (Phi) is 4.63. The lowest BCUT2D eigenvalue weighted by Crippen LogP contribution is -2.15. The van der Waals surface area contributed by atoms with Crippen molar-refractivity contribution in [3.8, 4) is 0 Å². The zero-order valence-corrected chi connectivity index (χ0v) is 17.8. The molecule has 0 atom stereocenters. The maximum atomic E-state index is 12.9. The van der Waals surface area contributed by atoms with Crippen LogP contribution >= 0.6 is 11.3 Å². The van der Waals surface area contributed by atoms with Crippen molar-refractivity contribution in [1.82, 2.24) is 19.6 Å². The molecule has 7 nitrogen and oxygen atoms in total. The number of hydrogen-bond donors (Lipinski definition) is 2. The number of nitrogens with one attached hydrogen (secondary N) is 2. The van der Waals surface area contributed by atoms with Crippen molar-refractivity contribution in [3.05, 3.63) is 92.3 Å². The third-order valence-electron chi connectivity index (χ3n) is 5.22. The van der Waals surface area contributed by atoms with E-state index in [1.54, 1.807) is 22.7 Å². The van der Waals surface area contributed by atoms with Gasteiger partial charge in [-0.15, -0.1) is 11.3 Å². The van der Waals surface area contributed by atoms with Crippen LogP contribution in [0.3, 0.4) is 0 Å². The Morgan fingerprint density at radius 1 is 1.13 bits per heavy atom. The molecule has 3 heterocycles. The second-order valence-corrected chi connectivity index (χ2v) is 8.52. The lowest BCUT2D eigenvalue weighted by molar-refractivity contribution is 0.102. The first-order chi connectivity index (χ1) is 15.0. The Balaban J connectivity index is 1.43. The van der Waals surface area contributed by atoms with Gasteiger partial charge in [0, 0.05) is 11.3 Å². The van der Waals surface area contributed by atoms with Crippen LogP contribution in [0.5, 0.6) is 0 Å². The number of carbonyl (C=O) groups excluding carboxylic acids is 1. The Bertz CT molecular complexity index is 1490. The molecule has 154 valence electrons. The number of carbonyl (C=O) groups is 1. The van der Waals surface area contributed by atoms with Gasteiger partial charge in [-0.1, -0.05) is 42.0 Å². The number of fused-ring (bicyclic) bond motifs is 3. The minimum Gasteiger partial charge on any atom is -0.306 e. The van der Waals surface area contributed by atoms with Crippen LogP contribution < -0.4 is 10.9 Å². The highest BCUT2D eigenvalue weighted by atomic mass is 32.1. The van der Waals surface area contributed by atoms with Crippen LogP contribution in [0.15, 0.2) is 59.5 Å². The minimum atomic E-state index is -0.364. The van der Waals surface area contributed by atoms with Crippen molar-refractivity contribution in [3.63, 3.8) is 0 Å². The van der Waals surface area contributed by atoms with Crippen LogP contribution in [0.2, 0.25) is 0 Å². The van der Waals surface area contributed by atoms with E-state index in [-0.39, 0.29) is 17.0 Å². The quantitative estimate of drug-likeness (QED) is 0.450. The van der Waals surface area contributed by atoms with Crippen molar-refractivity contribution in [2.24, 2.45) is 0 Å². The number of anilines is 1. The smallest absolute Gasteiger partial charge is 0.262 e. The minimum absolute atomic E-state index is 0.261. The fourth-order valence-electron chi connectivity index (χ4n) is 3.54. The van der Waals surface area contributed by atoms with Gasteiger partial charge in [-0.2, -0.15) is 5.10 Å². The van der Waals surface area contributed by atoms with Crippen LogP contribution in [0, 0.1) is 13.8 Å². The van der Waals surface area contributed by atoms with E-state index in [2.05, 4.69) is 51.6 Å². The molecule has 2 aromatic carbocycles. The summed E-state index contributed by atoms with van der Waals surface area (Å²) in [7, 11) is 0. The largest absolute Gasteiger partial charge is 0.306 e. The molecule has 5 aromatic rings. The van der Waals surface area contributed by atoms with Crippen molar-refractivity contribution in [1.29, 1.82) is 0 Å². The normalized spacial score (nSPS) is 11.3. The third kappa shape index (κ3) is 3.51. The number of aromatic nitrogens is 4. The molecule has 8 heteroatoms. The molecule has 3 aromatic heterocycles. The summed E-state index contributed by atoms with van der Waals surface area (Å²) in [6.07, 6.45) is 2.22. The zero-order valence-electron chi connectivity index (χ0n) is 17.0. The molecule has 0 saturated carbocycles. The number of nitrogens with zero attached hydrogens (tertiary/aromatic N) is 3. The fourth-order valence-corrected chi connectivity index (χ4v) is 4.54. The third-order valence-corrected chi connectivity index (χ3v) is 6.29. The molecule has 0 fully saturated rings. The first-order valence-electron chi connectivity index (χ1n) is 9.81. The van der Waals surface area contributed by atoms with Gasteiger partial charge in [0.15, 0.2) is 5.13 Å². The number of thiazole rings is 1. The van der Waals surface area contributed by atoms with Gasteiger partial charge in [0.05, 0.1) is 22.8 Å². The Morgan fingerprint density at radius 3 is 2.71 bits per heavy atom. The van der Waals surface area contributed by atoms with Crippen molar-refractivity contribution in [2.45, 2.75) is 20.3 Å². The van der Waals surface area contributed by atoms with Gasteiger partial charge in [-0.25, -0.2) is 9.50 Å². The summed E-state index contributed by atoms with van der Waals surface area (Å²) in [5, 5.41) is 8.19. The Morgan fingerprint density at radius 2 is 1.90 bits per heavy atom. The van der Waals surface area contributed by atoms with Gasteiger partial charge in [0.1, 0.15) is 11.2 Å². The zero-order chi connectivity index (χ0) is 21.5. The first kappa shape index (κ1) is 19.2. The molecule has 0 radical (unpaired) electrons. The molecule has 0 spiro atoms. The molecule has 1 amide bonds. The fraction of sp³-hybridized carbons (Fsp3) is 0.130. The lowest BCUT2D eigenvalue weighted by atomic mass is 10.1. The summed E-state index contributed by atoms with van der Waals surface area (Å²) in [6, 6.07) is 15.5. The van der Waals surface area contributed by atoms with E-state index in [9.17, 15) is 9.59 Å². The van der Waals surface area contributed by atoms with E-state index in [4.69, 9.17) is 0 Å². The lowest BCUT2D eigenvalue weighted by Gasteiger charge is -2.03.